The minimum absolute atomic E-state index is 0.0574. The fourth-order valence-electron chi connectivity index (χ4n) is 1.75. The number of carbonyl (C=O) groups is 2. The second kappa shape index (κ2) is 8.19. The smallest absolute Gasteiger partial charge is 0.260 e. The monoisotopic (exact) mass is 278 g/mol. The fraction of sp³-hybridized carbons (Fsp3) is 0.467. The molecule has 0 radical (unpaired) electrons. The second-order valence-corrected chi connectivity index (χ2v) is 4.42. The van der Waals surface area contributed by atoms with Crippen molar-refractivity contribution in [2.45, 2.75) is 20.8 Å². The van der Waals surface area contributed by atoms with E-state index in [4.69, 9.17) is 4.74 Å². The first-order chi connectivity index (χ1) is 9.58. The first-order valence-electron chi connectivity index (χ1n) is 6.81. The van der Waals surface area contributed by atoms with E-state index in [1.807, 2.05) is 45.0 Å². The molecule has 1 aromatic carbocycles. The summed E-state index contributed by atoms with van der Waals surface area (Å²) >= 11 is 0. The van der Waals surface area contributed by atoms with Crippen molar-refractivity contribution in [3.63, 3.8) is 0 Å². The van der Waals surface area contributed by atoms with E-state index in [2.05, 4.69) is 5.32 Å². The summed E-state index contributed by atoms with van der Waals surface area (Å²) in [6.45, 7) is 6.66. The number of likely N-dealkylation sites (N-methyl/N-ethyl adjacent to an activating group) is 2. The van der Waals surface area contributed by atoms with E-state index >= 15 is 0 Å². The van der Waals surface area contributed by atoms with Gasteiger partial charge in [-0.25, -0.2) is 0 Å². The molecule has 0 aromatic heterocycles. The molecule has 1 N–H and O–H groups in total. The highest BCUT2D eigenvalue weighted by atomic mass is 16.5. The molecular weight excluding hydrogens is 256 g/mol. The van der Waals surface area contributed by atoms with Gasteiger partial charge in [-0.1, -0.05) is 18.2 Å². The van der Waals surface area contributed by atoms with E-state index in [0.717, 1.165) is 5.56 Å². The molecule has 0 saturated carbocycles. The molecule has 0 atom stereocenters. The van der Waals surface area contributed by atoms with Crippen LogP contribution in [0.3, 0.4) is 0 Å². The number of benzene rings is 1. The number of nitrogens with zero attached hydrogens (tertiary/aromatic N) is 1. The van der Waals surface area contributed by atoms with Gasteiger partial charge in [-0.3, -0.25) is 9.59 Å². The Morgan fingerprint density at radius 3 is 2.55 bits per heavy atom. The van der Waals surface area contributed by atoms with Crippen LogP contribution in [0.2, 0.25) is 0 Å². The van der Waals surface area contributed by atoms with Crippen molar-refractivity contribution < 1.29 is 14.3 Å². The molecule has 0 aliphatic heterocycles. The van der Waals surface area contributed by atoms with E-state index in [0.29, 0.717) is 18.8 Å². The number of rotatable bonds is 7. The first kappa shape index (κ1) is 16.0. The number of amides is 2. The molecule has 0 fully saturated rings. The van der Waals surface area contributed by atoms with Gasteiger partial charge < -0.3 is 15.0 Å². The van der Waals surface area contributed by atoms with Gasteiger partial charge in [-0.2, -0.15) is 0 Å². The summed E-state index contributed by atoms with van der Waals surface area (Å²) < 4.78 is 5.50. The molecule has 20 heavy (non-hydrogen) atoms. The largest absolute Gasteiger partial charge is 0.484 e. The molecule has 1 aromatic rings. The summed E-state index contributed by atoms with van der Waals surface area (Å²) in [5, 5.41) is 2.67. The Labute approximate surface area is 119 Å². The third-order valence-electron chi connectivity index (χ3n) is 2.89. The van der Waals surface area contributed by atoms with Gasteiger partial charge in [0.15, 0.2) is 6.61 Å². The van der Waals surface area contributed by atoms with Crippen LogP contribution in [-0.4, -0.2) is 43.0 Å². The Hall–Kier alpha value is -2.04. The maximum atomic E-state index is 12.0. The Morgan fingerprint density at radius 1 is 1.25 bits per heavy atom. The van der Waals surface area contributed by atoms with Gasteiger partial charge >= 0.3 is 0 Å². The van der Waals surface area contributed by atoms with Crippen molar-refractivity contribution in [3.05, 3.63) is 29.8 Å². The fourth-order valence-corrected chi connectivity index (χ4v) is 1.75. The van der Waals surface area contributed by atoms with Crippen LogP contribution < -0.4 is 10.1 Å². The lowest BCUT2D eigenvalue weighted by atomic mass is 10.2. The number of carbonyl (C=O) groups excluding carboxylic acids is 2. The van der Waals surface area contributed by atoms with Crippen LogP contribution in [0.25, 0.3) is 0 Å². The Bertz CT molecular complexity index is 460. The van der Waals surface area contributed by atoms with Crippen LogP contribution in [0.5, 0.6) is 5.75 Å². The van der Waals surface area contributed by atoms with Crippen molar-refractivity contribution in [2.75, 3.05) is 26.2 Å². The van der Waals surface area contributed by atoms with Crippen LogP contribution in [0.1, 0.15) is 19.4 Å². The maximum Gasteiger partial charge on any atom is 0.260 e. The zero-order chi connectivity index (χ0) is 15.0. The summed E-state index contributed by atoms with van der Waals surface area (Å²) in [6.07, 6.45) is 0. The molecule has 0 heterocycles. The lowest BCUT2D eigenvalue weighted by Gasteiger charge is -2.20. The molecule has 1 rings (SSSR count). The van der Waals surface area contributed by atoms with Gasteiger partial charge in [0.25, 0.3) is 5.91 Å². The SMILES string of the molecule is CCNC(=O)CN(CC)C(=O)COc1ccccc1C. The van der Waals surface area contributed by atoms with Gasteiger partial charge in [0, 0.05) is 13.1 Å². The van der Waals surface area contributed by atoms with E-state index in [-0.39, 0.29) is 25.0 Å². The highest BCUT2D eigenvalue weighted by Crippen LogP contribution is 2.15. The quantitative estimate of drug-likeness (QED) is 0.819. The number of para-hydroxylation sites is 1. The predicted molar refractivity (Wildman–Crippen MR) is 77.6 cm³/mol. The number of hydrogen-bond donors (Lipinski definition) is 1. The van der Waals surface area contributed by atoms with Crippen LogP contribution in [0.15, 0.2) is 24.3 Å². The second-order valence-electron chi connectivity index (χ2n) is 4.42. The van der Waals surface area contributed by atoms with Gasteiger partial charge in [-0.05, 0) is 32.4 Å². The number of ether oxygens (including phenoxy) is 1. The molecule has 0 bridgehead atoms. The van der Waals surface area contributed by atoms with E-state index < -0.39 is 0 Å². The molecule has 0 saturated heterocycles. The standard InChI is InChI=1S/C15H22N2O3/c1-4-16-14(18)10-17(5-2)15(19)11-20-13-9-7-6-8-12(13)3/h6-9H,4-5,10-11H2,1-3H3,(H,16,18). The van der Waals surface area contributed by atoms with Gasteiger partial charge in [0.2, 0.25) is 5.91 Å². The van der Waals surface area contributed by atoms with Gasteiger partial charge in [0.05, 0.1) is 6.54 Å². The zero-order valence-electron chi connectivity index (χ0n) is 12.3. The molecule has 5 heteroatoms. The number of nitrogens with one attached hydrogen (secondary N) is 1. The molecule has 0 unspecified atom stereocenters. The van der Waals surface area contributed by atoms with Crippen LogP contribution >= 0.6 is 0 Å². The lowest BCUT2D eigenvalue weighted by Crippen LogP contribution is -2.42. The normalized spacial score (nSPS) is 9.95. The van der Waals surface area contributed by atoms with Crippen molar-refractivity contribution in [1.82, 2.24) is 10.2 Å². The molecule has 0 aliphatic carbocycles. The highest BCUT2D eigenvalue weighted by Gasteiger charge is 2.15. The van der Waals surface area contributed by atoms with Crippen molar-refractivity contribution in [2.24, 2.45) is 0 Å². The summed E-state index contributed by atoms with van der Waals surface area (Å²) in [5.74, 6) is 0.343. The molecule has 2 amide bonds. The summed E-state index contributed by atoms with van der Waals surface area (Å²) in [5.41, 5.74) is 0.979. The van der Waals surface area contributed by atoms with Gasteiger partial charge in [-0.15, -0.1) is 0 Å². The third-order valence-corrected chi connectivity index (χ3v) is 2.89. The lowest BCUT2D eigenvalue weighted by molar-refractivity contribution is -0.137. The summed E-state index contributed by atoms with van der Waals surface area (Å²) in [6, 6.07) is 7.52. The minimum atomic E-state index is -0.193. The summed E-state index contributed by atoms with van der Waals surface area (Å²) in [4.78, 5) is 25.0. The average Bonchev–Trinajstić information content (AvgIpc) is 2.44. The van der Waals surface area contributed by atoms with Crippen molar-refractivity contribution in [1.29, 1.82) is 0 Å². The molecule has 110 valence electrons. The Balaban J connectivity index is 2.51. The van der Waals surface area contributed by atoms with Gasteiger partial charge in [0.1, 0.15) is 5.75 Å². The van der Waals surface area contributed by atoms with Crippen molar-refractivity contribution in [3.8, 4) is 5.75 Å². The van der Waals surface area contributed by atoms with Crippen LogP contribution in [0, 0.1) is 6.92 Å². The average molecular weight is 278 g/mol. The topological polar surface area (TPSA) is 58.6 Å². The first-order valence-corrected chi connectivity index (χ1v) is 6.81. The molecule has 0 spiro atoms. The van der Waals surface area contributed by atoms with E-state index in [1.165, 1.54) is 4.90 Å². The molecular formula is C15H22N2O3. The van der Waals surface area contributed by atoms with E-state index in [1.54, 1.807) is 0 Å². The Kier molecular flexibility index (Phi) is 6.56. The number of aryl methyl sites for hydroxylation is 1. The van der Waals surface area contributed by atoms with Crippen LogP contribution in [-0.2, 0) is 9.59 Å². The van der Waals surface area contributed by atoms with E-state index in [9.17, 15) is 9.59 Å². The zero-order valence-corrected chi connectivity index (χ0v) is 12.3. The molecule has 5 nitrogen and oxygen atoms in total. The summed E-state index contributed by atoms with van der Waals surface area (Å²) in [7, 11) is 0. The Morgan fingerprint density at radius 2 is 1.95 bits per heavy atom. The number of hydrogen-bond acceptors (Lipinski definition) is 3. The predicted octanol–water partition coefficient (Wildman–Crippen LogP) is 1.36. The minimum Gasteiger partial charge on any atom is -0.484 e. The van der Waals surface area contributed by atoms with Crippen molar-refractivity contribution >= 4 is 11.8 Å². The molecule has 0 aliphatic rings. The third kappa shape index (κ3) is 4.91. The van der Waals surface area contributed by atoms with Crippen LogP contribution in [0.4, 0.5) is 0 Å². The highest BCUT2D eigenvalue weighted by molar-refractivity contribution is 5.85. The maximum absolute atomic E-state index is 12.0.